The molecule has 1 aliphatic rings. The first-order valence-electron chi connectivity index (χ1n) is 5.83. The maximum absolute atomic E-state index is 5.45. The molecule has 0 spiro atoms. The lowest BCUT2D eigenvalue weighted by Gasteiger charge is -2.26. The summed E-state index contributed by atoms with van der Waals surface area (Å²) in [5, 5.41) is 3.16. The van der Waals surface area contributed by atoms with Crippen LogP contribution in [0.5, 0.6) is 0 Å². The van der Waals surface area contributed by atoms with Crippen LogP contribution in [-0.2, 0) is 0 Å². The van der Waals surface area contributed by atoms with Crippen LogP contribution in [0.15, 0.2) is 23.5 Å². The highest BCUT2D eigenvalue weighted by Crippen LogP contribution is 2.18. The lowest BCUT2D eigenvalue weighted by molar-refractivity contribution is 0.318. The zero-order chi connectivity index (χ0) is 12.0. The van der Waals surface area contributed by atoms with Crippen molar-refractivity contribution in [2.24, 2.45) is 5.73 Å². The van der Waals surface area contributed by atoms with Gasteiger partial charge in [0.15, 0.2) is 0 Å². The second kappa shape index (κ2) is 6.55. The Hall–Kier alpha value is -1.00. The Morgan fingerprint density at radius 3 is 2.44 bits per heavy atom. The molecule has 0 fully saturated rings. The largest absolute Gasteiger partial charge is 0.377 e. The van der Waals surface area contributed by atoms with Crippen molar-refractivity contribution in [2.45, 2.75) is 12.8 Å². The third kappa shape index (κ3) is 4.24. The molecule has 0 aromatic rings. The lowest BCUT2D eigenvalue weighted by atomic mass is 10.1. The maximum atomic E-state index is 5.45. The molecule has 1 aliphatic carbocycles. The molecule has 3 N–H and O–H groups in total. The highest BCUT2D eigenvalue weighted by Gasteiger charge is 2.09. The van der Waals surface area contributed by atoms with Gasteiger partial charge in [-0.25, -0.2) is 0 Å². The molecular formula is C12H24N4. The zero-order valence-corrected chi connectivity index (χ0v) is 10.7. The molecular weight excluding hydrogens is 200 g/mol. The van der Waals surface area contributed by atoms with Gasteiger partial charge in [0, 0.05) is 31.5 Å². The third-order valence-electron chi connectivity index (χ3n) is 2.83. The van der Waals surface area contributed by atoms with Crippen LogP contribution in [0.4, 0.5) is 0 Å². The van der Waals surface area contributed by atoms with Crippen molar-refractivity contribution in [3.8, 4) is 0 Å². The van der Waals surface area contributed by atoms with Crippen LogP contribution >= 0.6 is 0 Å². The summed E-state index contributed by atoms with van der Waals surface area (Å²) in [7, 11) is 6.36. The normalized spacial score (nSPS) is 15.8. The van der Waals surface area contributed by atoms with E-state index in [-0.39, 0.29) is 0 Å². The second-order valence-electron chi connectivity index (χ2n) is 4.46. The number of nitrogens with two attached hydrogens (primary N) is 1. The molecule has 4 heteroatoms. The molecule has 0 aromatic carbocycles. The number of nitrogens with one attached hydrogen (secondary N) is 1. The molecule has 0 unspecified atom stereocenters. The standard InChI is InChI=1S/C12H24N4/c1-15(2)8-9-16(3)12-6-4-11(5-7-12)14-10-13/h4,6,14H,5,7-10,13H2,1-3H3. The van der Waals surface area contributed by atoms with Gasteiger partial charge in [-0.2, -0.15) is 0 Å². The van der Waals surface area contributed by atoms with Crippen molar-refractivity contribution in [3.05, 3.63) is 23.5 Å². The van der Waals surface area contributed by atoms with Gasteiger partial charge >= 0.3 is 0 Å². The molecule has 1 rings (SSSR count). The maximum Gasteiger partial charge on any atom is 0.0625 e. The number of nitrogens with zero attached hydrogens (tertiary/aromatic N) is 2. The van der Waals surface area contributed by atoms with Crippen molar-refractivity contribution >= 4 is 0 Å². The van der Waals surface area contributed by atoms with Crippen LogP contribution in [0, 0.1) is 0 Å². The molecule has 0 saturated carbocycles. The van der Waals surface area contributed by atoms with E-state index in [1.165, 1.54) is 11.4 Å². The van der Waals surface area contributed by atoms with Gasteiger partial charge in [-0.15, -0.1) is 0 Å². The van der Waals surface area contributed by atoms with E-state index in [4.69, 9.17) is 5.73 Å². The predicted octanol–water partition coefficient (Wildman–Crippen LogP) is 0.547. The van der Waals surface area contributed by atoms with Gasteiger partial charge in [0.25, 0.3) is 0 Å². The fraction of sp³-hybridized carbons (Fsp3) is 0.667. The minimum Gasteiger partial charge on any atom is -0.377 e. The Morgan fingerprint density at radius 1 is 1.19 bits per heavy atom. The average molecular weight is 224 g/mol. The summed E-state index contributed by atoms with van der Waals surface area (Å²) >= 11 is 0. The van der Waals surface area contributed by atoms with E-state index in [1.54, 1.807) is 0 Å². The summed E-state index contributed by atoms with van der Waals surface area (Å²) in [6.07, 6.45) is 6.49. The Bertz CT molecular complexity index is 268. The van der Waals surface area contributed by atoms with Crippen LogP contribution in [0.25, 0.3) is 0 Å². The summed E-state index contributed by atoms with van der Waals surface area (Å²) in [6, 6.07) is 0. The van der Waals surface area contributed by atoms with Gasteiger partial charge in [0.05, 0.1) is 6.67 Å². The molecule has 0 heterocycles. The van der Waals surface area contributed by atoms with Crippen molar-refractivity contribution in [1.82, 2.24) is 15.1 Å². The quantitative estimate of drug-likeness (QED) is 0.647. The van der Waals surface area contributed by atoms with Gasteiger partial charge in [-0.3, -0.25) is 0 Å². The Kier molecular flexibility index (Phi) is 5.35. The third-order valence-corrected chi connectivity index (χ3v) is 2.83. The van der Waals surface area contributed by atoms with Gasteiger partial charge in [0.1, 0.15) is 0 Å². The molecule has 0 saturated heterocycles. The summed E-state index contributed by atoms with van der Waals surface area (Å²) in [6.45, 7) is 2.68. The van der Waals surface area contributed by atoms with Crippen LogP contribution in [0.1, 0.15) is 12.8 Å². The minimum atomic E-state index is 0.519. The summed E-state index contributed by atoms with van der Waals surface area (Å²) in [5.74, 6) is 0. The van der Waals surface area contributed by atoms with Gasteiger partial charge in [-0.05, 0) is 39.1 Å². The average Bonchev–Trinajstić information content (AvgIpc) is 2.27. The Morgan fingerprint density at radius 2 is 1.94 bits per heavy atom. The fourth-order valence-electron chi connectivity index (χ4n) is 1.72. The number of likely N-dealkylation sites (N-methyl/N-ethyl adjacent to an activating group) is 2. The molecule has 0 radical (unpaired) electrons. The van der Waals surface area contributed by atoms with Crippen LogP contribution in [0.3, 0.4) is 0 Å². The van der Waals surface area contributed by atoms with Crippen LogP contribution in [-0.4, -0.2) is 50.7 Å². The number of hydrogen-bond acceptors (Lipinski definition) is 4. The summed E-state index contributed by atoms with van der Waals surface area (Å²) in [5.41, 5.74) is 8.10. The van der Waals surface area contributed by atoms with E-state index >= 15 is 0 Å². The van der Waals surface area contributed by atoms with Crippen molar-refractivity contribution in [1.29, 1.82) is 0 Å². The van der Waals surface area contributed by atoms with Crippen molar-refractivity contribution < 1.29 is 0 Å². The molecule has 0 aliphatic heterocycles. The van der Waals surface area contributed by atoms with Gasteiger partial charge < -0.3 is 20.9 Å². The van der Waals surface area contributed by atoms with Crippen LogP contribution < -0.4 is 11.1 Å². The van der Waals surface area contributed by atoms with Gasteiger partial charge in [0.2, 0.25) is 0 Å². The highest BCUT2D eigenvalue weighted by molar-refractivity contribution is 5.22. The zero-order valence-electron chi connectivity index (χ0n) is 10.7. The minimum absolute atomic E-state index is 0.519. The van der Waals surface area contributed by atoms with E-state index < -0.39 is 0 Å². The van der Waals surface area contributed by atoms with Crippen molar-refractivity contribution in [3.63, 3.8) is 0 Å². The van der Waals surface area contributed by atoms with Gasteiger partial charge in [-0.1, -0.05) is 0 Å². The first-order chi connectivity index (χ1) is 7.63. The molecule has 0 amide bonds. The van der Waals surface area contributed by atoms with Crippen LogP contribution in [0.2, 0.25) is 0 Å². The Labute approximate surface area is 98.8 Å². The molecule has 0 aromatic heterocycles. The monoisotopic (exact) mass is 224 g/mol. The predicted molar refractivity (Wildman–Crippen MR) is 68.8 cm³/mol. The van der Waals surface area contributed by atoms with E-state index in [0.717, 1.165) is 25.9 Å². The summed E-state index contributed by atoms with van der Waals surface area (Å²) < 4.78 is 0. The summed E-state index contributed by atoms with van der Waals surface area (Å²) in [4.78, 5) is 4.53. The molecule has 0 bridgehead atoms. The highest BCUT2D eigenvalue weighted by atomic mass is 15.2. The Balaban J connectivity index is 2.43. The van der Waals surface area contributed by atoms with E-state index in [9.17, 15) is 0 Å². The first kappa shape index (κ1) is 13.1. The van der Waals surface area contributed by atoms with Crippen molar-refractivity contribution in [2.75, 3.05) is 40.9 Å². The lowest BCUT2D eigenvalue weighted by Crippen LogP contribution is -2.29. The van der Waals surface area contributed by atoms with E-state index in [2.05, 4.69) is 48.4 Å². The number of allylic oxidation sites excluding steroid dienone is 4. The number of rotatable bonds is 6. The molecule has 0 atom stereocenters. The number of hydrogen-bond donors (Lipinski definition) is 2. The fourth-order valence-corrected chi connectivity index (χ4v) is 1.72. The second-order valence-corrected chi connectivity index (χ2v) is 4.46. The molecule has 4 nitrogen and oxygen atoms in total. The first-order valence-corrected chi connectivity index (χ1v) is 5.83. The smallest absolute Gasteiger partial charge is 0.0625 e. The van der Waals surface area contributed by atoms with E-state index in [0.29, 0.717) is 6.67 Å². The molecule has 16 heavy (non-hydrogen) atoms. The van der Waals surface area contributed by atoms with E-state index in [1.807, 2.05) is 0 Å². The molecule has 92 valence electrons. The SMILES string of the molecule is CN(C)CCN(C)C1=CC=C(NCN)CC1. The topological polar surface area (TPSA) is 44.5 Å².